The summed E-state index contributed by atoms with van der Waals surface area (Å²) >= 11 is 0. The molecule has 16 valence electrons. The van der Waals surface area contributed by atoms with Crippen LogP contribution in [0.25, 0.3) is 0 Å². The molecule has 4 heavy (non-hydrogen) atoms. The van der Waals surface area contributed by atoms with Crippen LogP contribution in [0.3, 0.4) is 0 Å². The molecule has 0 atom stereocenters. The van der Waals surface area contributed by atoms with Crippen molar-refractivity contribution in [2.24, 2.45) is 0 Å². The van der Waals surface area contributed by atoms with Gasteiger partial charge in [0.15, 0.2) is 0 Å². The summed E-state index contributed by atoms with van der Waals surface area (Å²) in [5, 5.41) is 0. The summed E-state index contributed by atoms with van der Waals surface area (Å²) in [6, 6.07) is 0. The minimum Gasteiger partial charge on any atom is -1.00 e. The molecule has 0 aromatic rings. The summed E-state index contributed by atoms with van der Waals surface area (Å²) in [7, 11) is 0. The van der Waals surface area contributed by atoms with Crippen LogP contribution in [0.2, 0.25) is 0 Å². The van der Waals surface area contributed by atoms with Gasteiger partial charge in [-0.25, -0.2) is 0 Å². The standard InChI is InChI=1S/2ClH.2La/h2*1H;;/q;;2*+3/p-2. The molecule has 4 heteroatoms. The van der Waals surface area contributed by atoms with Crippen molar-refractivity contribution in [2.75, 3.05) is 0 Å². The number of halogens is 2. The van der Waals surface area contributed by atoms with E-state index in [1.807, 2.05) is 0 Å². The molecule has 0 N–H and O–H groups in total. The van der Waals surface area contributed by atoms with Gasteiger partial charge in [-0.2, -0.15) is 0 Å². The second-order valence-electron chi connectivity index (χ2n) is 0. The fourth-order valence-electron chi connectivity index (χ4n) is 0. The van der Waals surface area contributed by atoms with Gasteiger partial charge in [-0.15, -0.1) is 0 Å². The maximum atomic E-state index is 0. The van der Waals surface area contributed by atoms with Gasteiger partial charge in [0, 0.05) is 0 Å². The van der Waals surface area contributed by atoms with Crippen LogP contribution >= 0.6 is 0 Å². The molecule has 0 spiro atoms. The maximum Gasteiger partial charge on any atom is 3.00 e. The molecule has 0 nitrogen and oxygen atoms in total. The average Bonchev–Trinajstić information content (AvgIpc) is 0. The number of rotatable bonds is 0. The average molecular weight is 349 g/mol. The predicted molar refractivity (Wildman–Crippen MR) is 0 cm³/mol. The van der Waals surface area contributed by atoms with Crippen molar-refractivity contribution in [2.45, 2.75) is 0 Å². The van der Waals surface area contributed by atoms with Crippen LogP contribution in [0.15, 0.2) is 0 Å². The third-order valence-corrected chi connectivity index (χ3v) is 0. The molecule has 0 aliphatic carbocycles. The Morgan fingerprint density at radius 3 is 0.500 bits per heavy atom. The van der Waals surface area contributed by atoms with Crippen molar-refractivity contribution in [3.05, 3.63) is 0 Å². The van der Waals surface area contributed by atoms with Crippen LogP contribution in [-0.4, -0.2) is 0 Å². The van der Waals surface area contributed by atoms with Crippen LogP contribution in [0.5, 0.6) is 0 Å². The predicted octanol–water partition coefficient (Wildman–Crippen LogP) is -5.99. The minimum atomic E-state index is 0. The SMILES string of the molecule is [Cl-].[Cl-].[La+3].[La+3]. The topological polar surface area (TPSA) is 0 Å². The van der Waals surface area contributed by atoms with E-state index < -0.39 is 0 Å². The van der Waals surface area contributed by atoms with Gasteiger partial charge in [0.2, 0.25) is 0 Å². The molecule has 0 aliphatic rings. The molecule has 0 rings (SSSR count). The Labute approximate surface area is 93.9 Å². The van der Waals surface area contributed by atoms with Gasteiger partial charge >= 0.3 is 71.2 Å². The van der Waals surface area contributed by atoms with Crippen molar-refractivity contribution < 1.29 is 96.0 Å². The van der Waals surface area contributed by atoms with E-state index in [0.717, 1.165) is 0 Å². The van der Waals surface area contributed by atoms with Gasteiger partial charge in [0.25, 0.3) is 0 Å². The van der Waals surface area contributed by atoms with E-state index >= 15 is 0 Å². The minimum absolute atomic E-state index is 0. The molecular weight excluding hydrogens is 349 g/mol. The van der Waals surface area contributed by atoms with E-state index in [4.69, 9.17) is 0 Å². The van der Waals surface area contributed by atoms with Gasteiger partial charge in [-0.3, -0.25) is 0 Å². The zero-order valence-corrected chi connectivity index (χ0v) is 10.7. The summed E-state index contributed by atoms with van der Waals surface area (Å²) in [6.45, 7) is 0. The third kappa shape index (κ3) is 8.88. The van der Waals surface area contributed by atoms with E-state index in [1.165, 1.54) is 0 Å². The van der Waals surface area contributed by atoms with Crippen LogP contribution in [0.1, 0.15) is 0 Å². The summed E-state index contributed by atoms with van der Waals surface area (Å²) in [4.78, 5) is 0. The molecule has 0 aromatic carbocycles. The normalized spacial score (nSPS) is 0. The Kier molecular flexibility index (Phi) is 118. The van der Waals surface area contributed by atoms with Crippen molar-refractivity contribution in [3.8, 4) is 0 Å². The molecule has 0 amide bonds. The first-order valence-electron chi connectivity index (χ1n) is 0. The molecule has 0 heterocycles. The zero-order valence-electron chi connectivity index (χ0n) is 1.91. The summed E-state index contributed by atoms with van der Waals surface area (Å²) in [5.74, 6) is 0. The summed E-state index contributed by atoms with van der Waals surface area (Å²) in [5.41, 5.74) is 0. The van der Waals surface area contributed by atoms with Gasteiger partial charge in [0.1, 0.15) is 0 Å². The monoisotopic (exact) mass is 348 g/mol. The van der Waals surface area contributed by atoms with Gasteiger partial charge in [-0.05, 0) is 0 Å². The van der Waals surface area contributed by atoms with Crippen molar-refractivity contribution >= 4 is 0 Å². The quantitative estimate of drug-likeness (QED) is 0.409. The van der Waals surface area contributed by atoms with Crippen LogP contribution in [-0.2, 0) is 0 Å². The molecule has 0 saturated carbocycles. The Morgan fingerprint density at radius 1 is 0.500 bits per heavy atom. The molecular formula is Cl2La2+4. The Bertz CT molecular complexity index is 4.00. The van der Waals surface area contributed by atoms with E-state index in [-0.39, 0.29) is 96.0 Å². The molecule has 0 unspecified atom stereocenters. The Morgan fingerprint density at radius 2 is 0.500 bits per heavy atom. The third-order valence-electron chi connectivity index (χ3n) is 0. The second-order valence-corrected chi connectivity index (χ2v) is 0. The molecule has 0 aromatic heterocycles. The maximum absolute atomic E-state index is 0. The number of hydrogen-bond acceptors (Lipinski definition) is 0. The molecule has 0 aliphatic heterocycles. The molecule has 0 fully saturated rings. The van der Waals surface area contributed by atoms with E-state index in [0.29, 0.717) is 0 Å². The smallest absolute Gasteiger partial charge is 1.00 e. The number of hydrogen-bond donors (Lipinski definition) is 0. The largest absolute Gasteiger partial charge is 3.00 e. The van der Waals surface area contributed by atoms with E-state index in [9.17, 15) is 0 Å². The van der Waals surface area contributed by atoms with Crippen molar-refractivity contribution in [1.29, 1.82) is 0 Å². The van der Waals surface area contributed by atoms with Gasteiger partial charge in [0.05, 0.1) is 0 Å². The molecule has 0 saturated heterocycles. The molecule has 0 bridgehead atoms. The first-order chi connectivity index (χ1) is 0. The van der Waals surface area contributed by atoms with Gasteiger partial charge in [-0.1, -0.05) is 0 Å². The van der Waals surface area contributed by atoms with Crippen molar-refractivity contribution in [1.82, 2.24) is 0 Å². The van der Waals surface area contributed by atoms with Crippen LogP contribution in [0.4, 0.5) is 0 Å². The fraction of sp³-hybridized carbons (Fsp3) is 0. The van der Waals surface area contributed by atoms with Crippen LogP contribution in [0, 0.1) is 71.2 Å². The fourth-order valence-corrected chi connectivity index (χ4v) is 0. The van der Waals surface area contributed by atoms with Crippen molar-refractivity contribution in [3.63, 3.8) is 0 Å². The summed E-state index contributed by atoms with van der Waals surface area (Å²) < 4.78 is 0. The first-order valence-corrected chi connectivity index (χ1v) is 0. The Hall–Kier alpha value is 2.97. The van der Waals surface area contributed by atoms with Gasteiger partial charge < -0.3 is 24.8 Å². The first kappa shape index (κ1) is 28.2. The van der Waals surface area contributed by atoms with E-state index in [1.54, 1.807) is 0 Å². The van der Waals surface area contributed by atoms with Crippen LogP contribution < -0.4 is 24.8 Å². The second kappa shape index (κ2) is 16.7. The molecule has 0 radical (unpaired) electrons. The zero-order chi connectivity index (χ0) is 0. The summed E-state index contributed by atoms with van der Waals surface area (Å²) in [6.07, 6.45) is 0. The van der Waals surface area contributed by atoms with E-state index in [2.05, 4.69) is 0 Å². The Balaban J connectivity index is 0.